The highest BCUT2D eigenvalue weighted by Gasteiger charge is 2.14. The monoisotopic (exact) mass is 348 g/mol. The van der Waals surface area contributed by atoms with Gasteiger partial charge in [0.05, 0.1) is 11.3 Å². The molecule has 2 aromatic heterocycles. The van der Waals surface area contributed by atoms with Gasteiger partial charge in [0.2, 0.25) is 0 Å². The Kier molecular flexibility index (Phi) is 3.30. The predicted molar refractivity (Wildman–Crippen MR) is 78.7 cm³/mol. The van der Waals surface area contributed by atoms with Crippen LogP contribution in [0.15, 0.2) is 33.5 Å². The van der Waals surface area contributed by atoms with Crippen LogP contribution in [-0.2, 0) is 0 Å². The zero-order chi connectivity index (χ0) is 15.0. The average Bonchev–Trinajstić information content (AvgIpc) is 2.83. The Morgan fingerprint density at radius 3 is 2.95 bits per heavy atom. The summed E-state index contributed by atoms with van der Waals surface area (Å²) in [5.74, 6) is -0.503. The molecular weight excluding hydrogens is 340 g/mol. The second-order valence-electron chi connectivity index (χ2n) is 4.30. The van der Waals surface area contributed by atoms with Gasteiger partial charge in [0, 0.05) is 10.2 Å². The molecule has 0 aliphatic heterocycles. The lowest BCUT2D eigenvalue weighted by Gasteiger charge is -2.08. The molecule has 0 saturated heterocycles. The molecule has 8 heteroatoms. The van der Waals surface area contributed by atoms with Gasteiger partial charge >= 0.3 is 5.97 Å². The molecule has 0 aliphatic carbocycles. The smallest absolute Gasteiger partial charge is 0.336 e. The molecule has 0 spiro atoms. The molecule has 3 aromatic rings. The van der Waals surface area contributed by atoms with Crippen LogP contribution in [0.3, 0.4) is 0 Å². The number of nitrogens with zero attached hydrogens (tertiary/aromatic N) is 3. The van der Waals surface area contributed by atoms with Crippen LogP contribution in [-0.4, -0.2) is 26.2 Å². The van der Waals surface area contributed by atoms with Crippen LogP contribution < -0.4 is 5.32 Å². The molecule has 0 atom stereocenters. The summed E-state index contributed by atoms with van der Waals surface area (Å²) in [6, 6.07) is 4.92. The topological polar surface area (TPSA) is 101 Å². The van der Waals surface area contributed by atoms with Crippen LogP contribution in [0.25, 0.3) is 11.1 Å². The molecule has 0 radical (unpaired) electrons. The summed E-state index contributed by atoms with van der Waals surface area (Å²) in [6.07, 6.45) is 1.35. The number of fused-ring (bicyclic) bond motifs is 1. The van der Waals surface area contributed by atoms with Gasteiger partial charge < -0.3 is 14.9 Å². The molecule has 7 nitrogen and oxygen atoms in total. The Balaban J connectivity index is 2.05. The third-order valence-electron chi connectivity index (χ3n) is 2.90. The van der Waals surface area contributed by atoms with Crippen LogP contribution in [0.1, 0.15) is 16.1 Å². The van der Waals surface area contributed by atoms with Crippen molar-refractivity contribution in [3.63, 3.8) is 0 Å². The van der Waals surface area contributed by atoms with Crippen LogP contribution >= 0.6 is 15.9 Å². The molecule has 2 heterocycles. The maximum absolute atomic E-state index is 11.1. The van der Waals surface area contributed by atoms with E-state index >= 15 is 0 Å². The number of aryl methyl sites for hydroxylation is 1. The number of benzene rings is 1. The summed E-state index contributed by atoms with van der Waals surface area (Å²) in [4.78, 5) is 19.3. The highest BCUT2D eigenvalue weighted by atomic mass is 79.9. The quantitative estimate of drug-likeness (QED) is 0.749. The predicted octanol–water partition coefficient (Wildman–Crippen LogP) is 3.13. The summed E-state index contributed by atoms with van der Waals surface area (Å²) in [5.41, 5.74) is 1.78. The molecular formula is C13H9BrN4O3. The van der Waals surface area contributed by atoms with Gasteiger partial charge in [-0.1, -0.05) is 5.16 Å². The van der Waals surface area contributed by atoms with E-state index < -0.39 is 5.97 Å². The zero-order valence-electron chi connectivity index (χ0n) is 10.8. The number of nitrogens with one attached hydrogen (secondary N) is 1. The van der Waals surface area contributed by atoms with Crippen molar-refractivity contribution in [3.8, 4) is 0 Å². The van der Waals surface area contributed by atoms with Crippen molar-refractivity contribution in [1.82, 2.24) is 15.1 Å². The molecule has 21 heavy (non-hydrogen) atoms. The largest absolute Gasteiger partial charge is 0.478 e. The van der Waals surface area contributed by atoms with E-state index in [1.54, 1.807) is 19.1 Å². The van der Waals surface area contributed by atoms with Crippen molar-refractivity contribution >= 4 is 44.5 Å². The highest BCUT2D eigenvalue weighted by Crippen LogP contribution is 2.27. The summed E-state index contributed by atoms with van der Waals surface area (Å²) >= 11 is 3.20. The molecule has 0 fully saturated rings. The minimum absolute atomic E-state index is 0.160. The molecule has 106 valence electrons. The fourth-order valence-electron chi connectivity index (χ4n) is 1.92. The Morgan fingerprint density at radius 1 is 1.38 bits per heavy atom. The number of aromatic carboxylic acids is 1. The number of anilines is 2. The Bertz CT molecular complexity index is 847. The molecule has 0 unspecified atom stereocenters. The SMILES string of the molecule is Cc1noc2ncnc(Nc3ccc(Br)c(C(=O)O)c3)c12. The molecule has 2 N–H and O–H groups in total. The van der Waals surface area contributed by atoms with Crippen LogP contribution in [0.2, 0.25) is 0 Å². The number of aromatic nitrogens is 3. The normalized spacial score (nSPS) is 10.8. The Labute approximate surface area is 127 Å². The van der Waals surface area contributed by atoms with E-state index in [-0.39, 0.29) is 5.56 Å². The third kappa shape index (κ3) is 2.45. The minimum atomic E-state index is -1.01. The molecule has 0 amide bonds. The van der Waals surface area contributed by atoms with Crippen molar-refractivity contribution in [2.24, 2.45) is 0 Å². The van der Waals surface area contributed by atoms with E-state index in [9.17, 15) is 4.79 Å². The van der Waals surface area contributed by atoms with Crippen molar-refractivity contribution in [3.05, 3.63) is 40.3 Å². The molecule has 1 aromatic carbocycles. The molecule has 0 saturated carbocycles. The summed E-state index contributed by atoms with van der Waals surface area (Å²) in [5, 5.41) is 16.7. The zero-order valence-corrected chi connectivity index (χ0v) is 12.4. The number of rotatable bonds is 3. The van der Waals surface area contributed by atoms with Crippen molar-refractivity contribution in [2.75, 3.05) is 5.32 Å². The number of carbonyl (C=O) groups is 1. The standard InChI is InChI=1S/C13H9BrN4O3/c1-6-10-11(15-5-16-12(10)21-18-6)17-7-2-3-9(14)8(4-7)13(19)20/h2-5H,1H3,(H,19,20)(H,15,16,17). The number of hydrogen-bond acceptors (Lipinski definition) is 6. The number of carboxylic acid groups (broad SMARTS) is 1. The number of hydrogen-bond donors (Lipinski definition) is 2. The van der Waals surface area contributed by atoms with Crippen LogP contribution in [0.5, 0.6) is 0 Å². The third-order valence-corrected chi connectivity index (χ3v) is 3.59. The summed E-state index contributed by atoms with van der Waals surface area (Å²) in [6.45, 7) is 1.78. The van der Waals surface area contributed by atoms with Gasteiger partial charge in [-0.3, -0.25) is 0 Å². The number of carboxylic acids is 1. The minimum Gasteiger partial charge on any atom is -0.478 e. The average molecular weight is 349 g/mol. The molecule has 0 bridgehead atoms. The van der Waals surface area contributed by atoms with E-state index in [1.165, 1.54) is 12.4 Å². The lowest BCUT2D eigenvalue weighted by molar-refractivity contribution is 0.0696. The van der Waals surface area contributed by atoms with E-state index in [0.29, 0.717) is 32.8 Å². The maximum Gasteiger partial charge on any atom is 0.336 e. The highest BCUT2D eigenvalue weighted by molar-refractivity contribution is 9.10. The van der Waals surface area contributed by atoms with Crippen molar-refractivity contribution < 1.29 is 14.4 Å². The van der Waals surface area contributed by atoms with E-state index in [1.807, 2.05) is 0 Å². The second kappa shape index (κ2) is 5.13. The van der Waals surface area contributed by atoms with Gasteiger partial charge in [0.25, 0.3) is 5.71 Å². The fraction of sp³-hybridized carbons (Fsp3) is 0.0769. The first-order valence-corrected chi connectivity index (χ1v) is 6.72. The van der Waals surface area contributed by atoms with Crippen molar-refractivity contribution in [2.45, 2.75) is 6.92 Å². The Hall–Kier alpha value is -2.48. The van der Waals surface area contributed by atoms with Gasteiger partial charge in [0.1, 0.15) is 17.5 Å². The Morgan fingerprint density at radius 2 is 2.19 bits per heavy atom. The van der Waals surface area contributed by atoms with E-state index in [0.717, 1.165) is 0 Å². The molecule has 0 aliphatic rings. The van der Waals surface area contributed by atoms with Gasteiger partial charge in [0.15, 0.2) is 0 Å². The van der Waals surface area contributed by atoms with Gasteiger partial charge in [-0.2, -0.15) is 4.98 Å². The van der Waals surface area contributed by atoms with Gasteiger partial charge in [-0.05, 0) is 41.1 Å². The first-order valence-electron chi connectivity index (χ1n) is 5.93. The van der Waals surface area contributed by atoms with Crippen LogP contribution in [0.4, 0.5) is 11.5 Å². The fourth-order valence-corrected chi connectivity index (χ4v) is 2.34. The summed E-state index contributed by atoms with van der Waals surface area (Å²) < 4.78 is 5.57. The second-order valence-corrected chi connectivity index (χ2v) is 5.15. The lowest BCUT2D eigenvalue weighted by atomic mass is 10.2. The number of halogens is 1. The van der Waals surface area contributed by atoms with Crippen molar-refractivity contribution in [1.29, 1.82) is 0 Å². The van der Waals surface area contributed by atoms with Gasteiger partial charge in [-0.15, -0.1) is 0 Å². The first-order chi connectivity index (χ1) is 10.1. The lowest BCUT2D eigenvalue weighted by Crippen LogP contribution is -2.01. The van der Waals surface area contributed by atoms with E-state index in [2.05, 4.69) is 36.4 Å². The molecule has 3 rings (SSSR count). The maximum atomic E-state index is 11.1. The summed E-state index contributed by atoms with van der Waals surface area (Å²) in [7, 11) is 0. The van der Waals surface area contributed by atoms with Crippen LogP contribution in [0, 0.1) is 6.92 Å². The van der Waals surface area contributed by atoms with Gasteiger partial charge in [-0.25, -0.2) is 9.78 Å². The first kappa shape index (κ1) is 13.5. The van der Waals surface area contributed by atoms with E-state index in [4.69, 9.17) is 9.63 Å².